The van der Waals surface area contributed by atoms with E-state index in [1.165, 1.54) is 17.0 Å². The zero-order valence-corrected chi connectivity index (χ0v) is 14.1. The Morgan fingerprint density at radius 2 is 1.85 bits per heavy atom. The number of amides is 1. The SMILES string of the molecule is C=CCN1C(=O)c2oc3ccccc3c(=O)c2C1c1ccc([N+](=O)[O-])cc1. The molecule has 2 heterocycles. The van der Waals surface area contributed by atoms with Gasteiger partial charge in [0.2, 0.25) is 5.76 Å². The maximum atomic E-state index is 13.1. The second-order valence-electron chi connectivity index (χ2n) is 6.17. The molecule has 0 bridgehead atoms. The monoisotopic (exact) mass is 362 g/mol. The van der Waals surface area contributed by atoms with Gasteiger partial charge in [0.1, 0.15) is 5.58 Å². The highest BCUT2D eigenvalue weighted by atomic mass is 16.6. The van der Waals surface area contributed by atoms with E-state index in [0.717, 1.165) is 0 Å². The molecular formula is C20H14N2O5. The van der Waals surface area contributed by atoms with Gasteiger partial charge in [0.15, 0.2) is 5.43 Å². The summed E-state index contributed by atoms with van der Waals surface area (Å²) in [6.07, 6.45) is 1.56. The van der Waals surface area contributed by atoms with Crippen LogP contribution in [0.15, 0.2) is 70.4 Å². The molecule has 0 fully saturated rings. The van der Waals surface area contributed by atoms with Crippen molar-refractivity contribution in [3.8, 4) is 0 Å². The fraction of sp³-hybridized carbons (Fsp3) is 0.100. The number of nitro groups is 1. The van der Waals surface area contributed by atoms with Crippen molar-refractivity contribution in [1.29, 1.82) is 0 Å². The molecule has 1 aliphatic heterocycles. The van der Waals surface area contributed by atoms with E-state index in [0.29, 0.717) is 16.5 Å². The zero-order valence-electron chi connectivity index (χ0n) is 14.1. The predicted octanol–water partition coefficient (Wildman–Crippen LogP) is 3.43. The van der Waals surface area contributed by atoms with E-state index < -0.39 is 16.9 Å². The molecule has 27 heavy (non-hydrogen) atoms. The molecule has 1 unspecified atom stereocenters. The summed E-state index contributed by atoms with van der Waals surface area (Å²) in [6.45, 7) is 3.88. The van der Waals surface area contributed by atoms with Crippen molar-refractivity contribution >= 4 is 22.6 Å². The largest absolute Gasteiger partial charge is 0.450 e. The van der Waals surface area contributed by atoms with E-state index in [9.17, 15) is 19.7 Å². The number of para-hydroxylation sites is 1. The van der Waals surface area contributed by atoms with Crippen molar-refractivity contribution in [3.05, 3.63) is 98.4 Å². The molecule has 1 aromatic heterocycles. The number of fused-ring (bicyclic) bond motifs is 2. The highest BCUT2D eigenvalue weighted by Crippen LogP contribution is 2.38. The lowest BCUT2D eigenvalue weighted by Gasteiger charge is -2.23. The van der Waals surface area contributed by atoms with Crippen LogP contribution in [0.3, 0.4) is 0 Å². The van der Waals surface area contributed by atoms with Gasteiger partial charge in [-0.1, -0.05) is 18.2 Å². The average Bonchev–Trinajstić information content (AvgIpc) is 2.95. The number of hydrogen-bond donors (Lipinski definition) is 0. The standard InChI is InChI=1S/C20H14N2O5/c1-2-11-21-17(12-7-9-13(10-8-12)22(25)26)16-18(23)14-5-3-4-6-15(14)27-19(16)20(21)24/h2-10,17H,1,11H2. The first-order chi connectivity index (χ1) is 13.0. The summed E-state index contributed by atoms with van der Waals surface area (Å²) >= 11 is 0. The smallest absolute Gasteiger partial charge is 0.291 e. The Hall–Kier alpha value is -3.74. The maximum absolute atomic E-state index is 13.1. The van der Waals surface area contributed by atoms with E-state index in [4.69, 9.17) is 4.42 Å². The first kappa shape index (κ1) is 16.7. The fourth-order valence-electron chi connectivity index (χ4n) is 3.42. The Kier molecular flexibility index (Phi) is 3.84. The van der Waals surface area contributed by atoms with Crippen LogP contribution in [0.2, 0.25) is 0 Å². The molecule has 0 spiro atoms. The number of carbonyl (C=O) groups excluding carboxylic acids is 1. The second kappa shape index (κ2) is 6.21. The minimum Gasteiger partial charge on any atom is -0.450 e. The summed E-state index contributed by atoms with van der Waals surface area (Å²) in [5.74, 6) is -0.403. The van der Waals surface area contributed by atoms with Gasteiger partial charge in [-0.25, -0.2) is 0 Å². The molecule has 3 aromatic rings. The molecule has 7 heteroatoms. The Bertz CT molecular complexity index is 1150. The van der Waals surface area contributed by atoms with E-state index in [2.05, 4.69) is 6.58 Å². The normalized spacial score (nSPS) is 15.8. The van der Waals surface area contributed by atoms with Gasteiger partial charge in [0.05, 0.1) is 21.9 Å². The highest BCUT2D eigenvalue weighted by molar-refractivity contribution is 5.99. The Morgan fingerprint density at radius 3 is 2.52 bits per heavy atom. The third-order valence-corrected chi connectivity index (χ3v) is 4.62. The van der Waals surface area contributed by atoms with Crippen LogP contribution in [0.5, 0.6) is 0 Å². The summed E-state index contributed by atoms with van der Waals surface area (Å²) < 4.78 is 5.75. The molecule has 1 atom stereocenters. The number of non-ortho nitro benzene ring substituents is 1. The zero-order chi connectivity index (χ0) is 19.1. The van der Waals surface area contributed by atoms with Gasteiger partial charge in [0, 0.05) is 18.7 Å². The minimum absolute atomic E-state index is 0.00361. The van der Waals surface area contributed by atoms with Crippen LogP contribution in [-0.4, -0.2) is 22.3 Å². The quantitative estimate of drug-likeness (QED) is 0.403. The molecule has 0 radical (unpaired) electrons. The molecule has 0 saturated heterocycles. The molecule has 0 saturated carbocycles. The molecule has 0 N–H and O–H groups in total. The first-order valence-electron chi connectivity index (χ1n) is 8.25. The van der Waals surface area contributed by atoms with Gasteiger partial charge in [0.25, 0.3) is 11.6 Å². The molecule has 1 aliphatic rings. The number of nitro benzene ring substituents is 1. The summed E-state index contributed by atoms with van der Waals surface area (Å²) in [5.41, 5.74) is 0.836. The van der Waals surface area contributed by atoms with Gasteiger partial charge < -0.3 is 9.32 Å². The molecule has 7 nitrogen and oxygen atoms in total. The second-order valence-corrected chi connectivity index (χ2v) is 6.17. The number of rotatable bonds is 4. The lowest BCUT2D eigenvalue weighted by atomic mass is 9.98. The van der Waals surface area contributed by atoms with Gasteiger partial charge in [-0.15, -0.1) is 6.58 Å². The highest BCUT2D eigenvalue weighted by Gasteiger charge is 2.42. The molecule has 0 aliphatic carbocycles. The number of hydrogen-bond acceptors (Lipinski definition) is 5. The summed E-state index contributed by atoms with van der Waals surface area (Å²) in [5, 5.41) is 11.3. The van der Waals surface area contributed by atoms with Crippen LogP contribution in [0.1, 0.15) is 27.7 Å². The average molecular weight is 362 g/mol. The lowest BCUT2D eigenvalue weighted by molar-refractivity contribution is -0.384. The Morgan fingerprint density at radius 1 is 1.15 bits per heavy atom. The maximum Gasteiger partial charge on any atom is 0.291 e. The third kappa shape index (κ3) is 2.52. The summed E-state index contributed by atoms with van der Waals surface area (Å²) in [4.78, 5) is 37.9. The minimum atomic E-state index is -0.688. The van der Waals surface area contributed by atoms with E-state index in [-0.39, 0.29) is 29.0 Å². The number of benzene rings is 2. The summed E-state index contributed by atoms with van der Waals surface area (Å²) in [6, 6.07) is 11.9. The van der Waals surface area contributed by atoms with Crippen molar-refractivity contribution in [3.63, 3.8) is 0 Å². The van der Waals surface area contributed by atoms with Crippen molar-refractivity contribution in [2.24, 2.45) is 0 Å². The van der Waals surface area contributed by atoms with Crippen LogP contribution in [0, 0.1) is 10.1 Å². The number of nitrogens with zero attached hydrogens (tertiary/aromatic N) is 2. The van der Waals surface area contributed by atoms with E-state index >= 15 is 0 Å². The lowest BCUT2D eigenvalue weighted by Crippen LogP contribution is -2.29. The molecule has 134 valence electrons. The van der Waals surface area contributed by atoms with Crippen LogP contribution in [0.25, 0.3) is 11.0 Å². The molecular weight excluding hydrogens is 348 g/mol. The van der Waals surface area contributed by atoms with Gasteiger partial charge >= 0.3 is 0 Å². The van der Waals surface area contributed by atoms with Crippen LogP contribution in [-0.2, 0) is 0 Å². The fourth-order valence-corrected chi connectivity index (χ4v) is 3.42. The number of carbonyl (C=O) groups is 1. The topological polar surface area (TPSA) is 93.7 Å². The Balaban J connectivity index is 1.96. The predicted molar refractivity (Wildman–Crippen MR) is 98.7 cm³/mol. The summed E-state index contributed by atoms with van der Waals surface area (Å²) in [7, 11) is 0. The molecule has 1 amide bonds. The van der Waals surface area contributed by atoms with E-state index in [1.807, 2.05) is 0 Å². The van der Waals surface area contributed by atoms with Gasteiger partial charge in [-0.3, -0.25) is 19.7 Å². The van der Waals surface area contributed by atoms with Crippen molar-refractivity contribution in [1.82, 2.24) is 4.90 Å². The van der Waals surface area contributed by atoms with Crippen LogP contribution < -0.4 is 5.43 Å². The van der Waals surface area contributed by atoms with Crippen molar-refractivity contribution in [2.75, 3.05) is 6.54 Å². The first-order valence-corrected chi connectivity index (χ1v) is 8.25. The third-order valence-electron chi connectivity index (χ3n) is 4.62. The van der Waals surface area contributed by atoms with Crippen molar-refractivity contribution in [2.45, 2.75) is 6.04 Å². The van der Waals surface area contributed by atoms with Gasteiger partial charge in [-0.2, -0.15) is 0 Å². The van der Waals surface area contributed by atoms with Crippen LogP contribution in [0.4, 0.5) is 5.69 Å². The Labute approximate surface area is 153 Å². The van der Waals surface area contributed by atoms with Crippen molar-refractivity contribution < 1.29 is 14.1 Å². The van der Waals surface area contributed by atoms with Crippen LogP contribution >= 0.6 is 0 Å². The molecule has 4 rings (SSSR count). The van der Waals surface area contributed by atoms with E-state index in [1.54, 1.807) is 42.5 Å². The van der Waals surface area contributed by atoms with Gasteiger partial charge in [-0.05, 0) is 29.8 Å². The molecule has 2 aromatic carbocycles.